The molecule has 0 aromatic heterocycles. The first-order chi connectivity index (χ1) is 7.89. The SMILES string of the molecule is C.C.CCC(F)(F)F.FC(F)(F)F.FCF.FCOF. The summed E-state index contributed by atoms with van der Waals surface area (Å²) in [7, 11) is 0. The minimum absolute atomic E-state index is 0. The molecule has 20 heavy (non-hydrogen) atoms. The zero-order chi connectivity index (χ0) is 15.8. The van der Waals surface area contributed by atoms with Crippen LogP contribution in [0.1, 0.15) is 28.2 Å². The first-order valence-electron chi connectivity index (χ1n) is 3.63. The zero-order valence-electron chi connectivity index (χ0n) is 8.69. The van der Waals surface area contributed by atoms with Crippen LogP contribution in [0, 0.1) is 0 Å². The van der Waals surface area contributed by atoms with Crippen molar-refractivity contribution in [3.8, 4) is 0 Å². The van der Waals surface area contributed by atoms with Crippen molar-refractivity contribution in [1.29, 1.82) is 0 Å². The molecule has 0 amide bonds. The lowest BCUT2D eigenvalue weighted by atomic mass is 10.5. The average Bonchev–Trinajstić information content (AvgIpc) is 2.16. The molecule has 0 atom stereocenters. The van der Waals surface area contributed by atoms with Crippen LogP contribution in [0.2, 0.25) is 0 Å². The van der Waals surface area contributed by atoms with Gasteiger partial charge in [0.2, 0.25) is 13.8 Å². The van der Waals surface area contributed by atoms with E-state index in [1.165, 1.54) is 0 Å². The van der Waals surface area contributed by atoms with Gasteiger partial charge in [0.05, 0.1) is 0 Å². The molecule has 0 aliphatic carbocycles. The highest BCUT2D eigenvalue weighted by molar-refractivity contribution is 4.39. The van der Waals surface area contributed by atoms with Crippen molar-refractivity contribution in [3.63, 3.8) is 0 Å². The maximum absolute atomic E-state index is 10.8. The normalized spacial score (nSPS) is 9.00. The molecule has 0 heterocycles. The number of hydrogen-bond acceptors (Lipinski definition) is 1. The van der Waals surface area contributed by atoms with Crippen LogP contribution in [-0.4, -0.2) is 26.4 Å². The van der Waals surface area contributed by atoms with Gasteiger partial charge in [0, 0.05) is 6.42 Å². The maximum atomic E-state index is 10.8. The molecule has 0 saturated heterocycles. The lowest BCUT2D eigenvalue weighted by Gasteiger charge is -1.96. The summed E-state index contributed by atoms with van der Waals surface area (Å²) in [5, 5.41) is 0. The first-order valence-corrected chi connectivity index (χ1v) is 3.63. The Morgan fingerprint density at radius 1 is 0.800 bits per heavy atom. The Morgan fingerprint density at radius 3 is 0.900 bits per heavy atom. The lowest BCUT2D eigenvalue weighted by Crippen LogP contribution is -2.02. The molecular formula is C8H17F11O. The molecule has 0 aromatic rings. The Morgan fingerprint density at radius 2 is 0.900 bits per heavy atom. The van der Waals surface area contributed by atoms with Crippen LogP contribution in [0.25, 0.3) is 0 Å². The summed E-state index contributed by atoms with van der Waals surface area (Å²) in [6.07, 6.45) is -10.2. The van der Waals surface area contributed by atoms with E-state index in [1.807, 2.05) is 0 Å². The maximum Gasteiger partial charge on any atom is 0.559 e. The third-order valence-electron chi connectivity index (χ3n) is 0.442. The molecule has 0 radical (unpaired) electrons. The summed E-state index contributed by atoms with van der Waals surface area (Å²) in [5.41, 5.74) is 0. The predicted molar refractivity (Wildman–Crippen MR) is 52.2 cm³/mol. The van der Waals surface area contributed by atoms with Crippen molar-refractivity contribution < 1.29 is 53.4 Å². The molecule has 0 spiro atoms. The van der Waals surface area contributed by atoms with E-state index in [0.717, 1.165) is 6.92 Å². The summed E-state index contributed by atoms with van der Waals surface area (Å²) in [4.78, 5) is 2.38. The van der Waals surface area contributed by atoms with Crippen LogP contribution in [0.4, 0.5) is 48.4 Å². The van der Waals surface area contributed by atoms with Crippen molar-refractivity contribution in [2.45, 2.75) is 40.8 Å². The number of alkyl halides is 10. The van der Waals surface area contributed by atoms with Crippen LogP contribution in [0.3, 0.4) is 0 Å². The van der Waals surface area contributed by atoms with E-state index in [4.69, 9.17) is 0 Å². The summed E-state index contributed by atoms with van der Waals surface area (Å²) in [6.45, 7) is -2.01. The Labute approximate surface area is 109 Å². The molecule has 12 heteroatoms. The Kier molecular flexibility index (Phi) is 42.5. The number of hydrogen-bond donors (Lipinski definition) is 0. The van der Waals surface area contributed by atoms with E-state index in [2.05, 4.69) is 4.94 Å². The van der Waals surface area contributed by atoms with Crippen molar-refractivity contribution in [2.24, 2.45) is 0 Å². The van der Waals surface area contributed by atoms with Crippen LogP contribution in [-0.2, 0) is 4.94 Å². The van der Waals surface area contributed by atoms with Gasteiger partial charge in [0.15, 0.2) is 0 Å². The van der Waals surface area contributed by atoms with Gasteiger partial charge in [0.25, 0.3) is 0 Å². The minimum Gasteiger partial charge on any atom is -0.216 e. The molecule has 0 rings (SSSR count). The molecule has 132 valence electrons. The standard InChI is InChI=1S/C3H5F3.CF4.CH2F2O.CH2F2.2CH4/c1-2-3(4,5)6;2-1(3,4)5;2-1-4-3;2-1-3;;/h2H2,1H3;;1H2;1H2;2*1H4. The van der Waals surface area contributed by atoms with Gasteiger partial charge in [-0.15, -0.1) is 17.6 Å². The van der Waals surface area contributed by atoms with E-state index in [-0.39, 0.29) is 14.9 Å². The third-order valence-corrected chi connectivity index (χ3v) is 0.442. The fourth-order valence-corrected chi connectivity index (χ4v) is 0. The molecule has 0 fully saturated rings. The summed E-state index contributed by atoms with van der Waals surface area (Å²) >= 11 is 0. The van der Waals surface area contributed by atoms with E-state index in [9.17, 15) is 48.4 Å². The van der Waals surface area contributed by atoms with Crippen molar-refractivity contribution >= 4 is 0 Å². The molecule has 0 aliphatic rings. The fourth-order valence-electron chi connectivity index (χ4n) is 0. The highest BCUT2D eigenvalue weighted by Gasteiger charge is 2.24. The summed E-state index contributed by atoms with van der Waals surface area (Å²) in [6, 6.07) is 0. The van der Waals surface area contributed by atoms with Gasteiger partial charge < -0.3 is 0 Å². The van der Waals surface area contributed by atoms with Crippen molar-refractivity contribution in [3.05, 3.63) is 0 Å². The van der Waals surface area contributed by atoms with Crippen LogP contribution in [0.5, 0.6) is 0 Å². The zero-order valence-corrected chi connectivity index (χ0v) is 8.69. The smallest absolute Gasteiger partial charge is 0.216 e. The average molecular weight is 338 g/mol. The van der Waals surface area contributed by atoms with E-state index in [1.54, 1.807) is 0 Å². The van der Waals surface area contributed by atoms with Crippen LogP contribution < -0.4 is 0 Å². The monoisotopic (exact) mass is 338 g/mol. The molecule has 0 unspecified atom stereocenters. The second-order valence-corrected chi connectivity index (χ2v) is 1.72. The largest absolute Gasteiger partial charge is 0.559 e. The molecule has 0 saturated carbocycles. The van der Waals surface area contributed by atoms with Gasteiger partial charge in [-0.1, -0.05) is 21.8 Å². The second-order valence-electron chi connectivity index (χ2n) is 1.72. The fraction of sp³-hybridized carbons (Fsp3) is 1.00. The molecule has 0 bridgehead atoms. The van der Waals surface area contributed by atoms with Crippen molar-refractivity contribution in [1.82, 2.24) is 0 Å². The predicted octanol–water partition coefficient (Wildman–Crippen LogP) is 6.40. The van der Waals surface area contributed by atoms with E-state index < -0.39 is 32.8 Å². The molecular weight excluding hydrogens is 321 g/mol. The van der Waals surface area contributed by atoms with Gasteiger partial charge >= 0.3 is 12.6 Å². The van der Waals surface area contributed by atoms with Gasteiger partial charge in [-0.3, -0.25) is 0 Å². The van der Waals surface area contributed by atoms with E-state index in [0.29, 0.717) is 0 Å². The Balaban J connectivity index is -0.0000000325. The lowest BCUT2D eigenvalue weighted by molar-refractivity contribution is -0.237. The highest BCUT2D eigenvalue weighted by atomic mass is 19.5. The first kappa shape index (κ1) is 36.5. The molecule has 0 aliphatic heterocycles. The molecule has 1 nitrogen and oxygen atoms in total. The van der Waals surface area contributed by atoms with Gasteiger partial charge in [-0.2, -0.15) is 18.1 Å². The second kappa shape index (κ2) is 23.3. The van der Waals surface area contributed by atoms with Crippen LogP contribution in [0.15, 0.2) is 0 Å². The highest BCUT2D eigenvalue weighted by Crippen LogP contribution is 2.17. The Hall–Kier alpha value is -0.810. The number of rotatable bonds is 1. The molecule has 0 aromatic carbocycles. The van der Waals surface area contributed by atoms with Crippen molar-refractivity contribution in [2.75, 3.05) is 13.8 Å². The molecule has 0 N–H and O–H groups in total. The summed E-state index contributed by atoms with van der Waals surface area (Å²) in [5.74, 6) is 0. The van der Waals surface area contributed by atoms with Crippen LogP contribution >= 0.6 is 0 Å². The quantitative estimate of drug-likeness (QED) is 0.502. The van der Waals surface area contributed by atoms with Gasteiger partial charge in [0.1, 0.15) is 0 Å². The van der Waals surface area contributed by atoms with Gasteiger partial charge in [-0.05, 0) is 4.53 Å². The van der Waals surface area contributed by atoms with Gasteiger partial charge in [-0.25, -0.2) is 13.2 Å². The Bertz CT molecular complexity index is 125. The van der Waals surface area contributed by atoms with E-state index >= 15 is 0 Å². The minimum atomic E-state index is -5.50. The summed E-state index contributed by atoms with van der Waals surface area (Å²) < 4.78 is 110. The third kappa shape index (κ3) is 443. The number of halogens is 11. The topological polar surface area (TPSA) is 9.23 Å².